The third-order valence-electron chi connectivity index (χ3n) is 6.60. The lowest BCUT2D eigenvalue weighted by atomic mass is 10.0. The Morgan fingerprint density at radius 3 is 2.53 bits per heavy atom. The van der Waals surface area contributed by atoms with Crippen molar-refractivity contribution in [3.05, 3.63) is 71.5 Å². The van der Waals surface area contributed by atoms with Crippen molar-refractivity contribution in [2.45, 2.75) is 25.6 Å². The van der Waals surface area contributed by atoms with Crippen LogP contribution in [-0.2, 0) is 13.1 Å². The SMILES string of the molecule is c1ccc(CN2CCC3NNc4nc(N5CCN(Cc6ccccn6)CC5)nc2c43)cc1. The molecule has 0 radical (unpaired) electrons. The first kappa shape index (κ1) is 19.5. The van der Waals surface area contributed by atoms with E-state index in [0.29, 0.717) is 0 Å². The second kappa shape index (κ2) is 8.37. The van der Waals surface area contributed by atoms with Gasteiger partial charge in [-0.3, -0.25) is 9.88 Å². The molecule has 2 N–H and O–H groups in total. The molecule has 1 saturated heterocycles. The van der Waals surface area contributed by atoms with E-state index < -0.39 is 0 Å². The van der Waals surface area contributed by atoms with Gasteiger partial charge in [-0.15, -0.1) is 0 Å². The molecule has 8 heteroatoms. The van der Waals surface area contributed by atoms with Crippen molar-refractivity contribution in [3.63, 3.8) is 0 Å². The van der Waals surface area contributed by atoms with Gasteiger partial charge in [0.15, 0.2) is 5.82 Å². The van der Waals surface area contributed by atoms with Crippen LogP contribution >= 0.6 is 0 Å². The highest BCUT2D eigenvalue weighted by molar-refractivity contribution is 5.67. The number of nitrogens with one attached hydrogen (secondary N) is 2. The molecular weight excluding hydrogens is 400 g/mol. The number of anilines is 3. The predicted molar refractivity (Wildman–Crippen MR) is 125 cm³/mol. The largest absolute Gasteiger partial charge is 0.352 e. The number of nitrogens with zero attached hydrogens (tertiary/aromatic N) is 6. The normalized spacial score (nSPS) is 20.2. The molecule has 5 heterocycles. The number of pyridine rings is 1. The number of rotatable bonds is 5. The third kappa shape index (κ3) is 3.76. The lowest BCUT2D eigenvalue weighted by molar-refractivity contribution is 0.246. The van der Waals surface area contributed by atoms with Crippen LogP contribution in [0.3, 0.4) is 0 Å². The first-order chi connectivity index (χ1) is 15.8. The standard InChI is InChI=1S/C24H28N8/c1-2-6-18(7-3-1)16-32-11-9-20-21-22(29-28-20)26-24(27-23(21)32)31-14-12-30(13-15-31)17-19-8-4-5-10-25-19/h1-8,10,20,28H,9,11-17H2,(H,26,27,29). The lowest BCUT2D eigenvalue weighted by Crippen LogP contribution is -2.46. The number of benzene rings is 1. The van der Waals surface area contributed by atoms with E-state index in [2.05, 4.69) is 73.0 Å². The van der Waals surface area contributed by atoms with Crippen LogP contribution in [0.4, 0.5) is 17.6 Å². The maximum atomic E-state index is 5.10. The summed E-state index contributed by atoms with van der Waals surface area (Å²) in [6.45, 7) is 6.54. The number of hydrazine groups is 1. The zero-order chi connectivity index (χ0) is 21.3. The molecule has 1 aromatic carbocycles. The highest BCUT2D eigenvalue weighted by atomic mass is 15.5. The minimum Gasteiger partial charge on any atom is -0.352 e. The summed E-state index contributed by atoms with van der Waals surface area (Å²) in [4.78, 5) is 21.6. The maximum absolute atomic E-state index is 5.10. The summed E-state index contributed by atoms with van der Waals surface area (Å²) < 4.78 is 0. The fraction of sp³-hybridized carbons (Fsp3) is 0.375. The Balaban J connectivity index is 1.21. The van der Waals surface area contributed by atoms with E-state index in [1.807, 2.05) is 12.3 Å². The summed E-state index contributed by atoms with van der Waals surface area (Å²) in [6.07, 6.45) is 2.92. The van der Waals surface area contributed by atoms with E-state index in [9.17, 15) is 0 Å². The molecule has 164 valence electrons. The summed E-state index contributed by atoms with van der Waals surface area (Å²) in [6, 6.07) is 17.0. The first-order valence-electron chi connectivity index (χ1n) is 11.4. The highest BCUT2D eigenvalue weighted by Crippen LogP contribution is 2.41. The van der Waals surface area contributed by atoms with Crippen molar-refractivity contribution in [1.29, 1.82) is 0 Å². The zero-order valence-electron chi connectivity index (χ0n) is 18.1. The molecule has 0 spiro atoms. The molecule has 2 aromatic heterocycles. The molecule has 3 aromatic rings. The molecule has 0 amide bonds. The van der Waals surface area contributed by atoms with E-state index in [0.717, 1.165) is 75.5 Å². The second-order valence-corrected chi connectivity index (χ2v) is 8.71. The molecule has 0 saturated carbocycles. The fourth-order valence-corrected chi connectivity index (χ4v) is 4.86. The molecule has 0 bridgehead atoms. The van der Waals surface area contributed by atoms with E-state index in [4.69, 9.17) is 9.97 Å². The third-order valence-corrected chi connectivity index (χ3v) is 6.60. The van der Waals surface area contributed by atoms with E-state index in [-0.39, 0.29) is 6.04 Å². The van der Waals surface area contributed by atoms with Gasteiger partial charge in [-0.1, -0.05) is 36.4 Å². The van der Waals surface area contributed by atoms with Crippen molar-refractivity contribution < 1.29 is 0 Å². The smallest absolute Gasteiger partial charge is 0.229 e. The van der Waals surface area contributed by atoms with Crippen LogP contribution in [-0.4, -0.2) is 52.6 Å². The van der Waals surface area contributed by atoms with Crippen LogP contribution < -0.4 is 20.7 Å². The second-order valence-electron chi connectivity index (χ2n) is 8.71. The molecule has 32 heavy (non-hydrogen) atoms. The van der Waals surface area contributed by atoms with Crippen LogP contribution in [0.1, 0.15) is 29.3 Å². The Bertz CT molecular complexity index is 1070. The van der Waals surface area contributed by atoms with Gasteiger partial charge in [0.25, 0.3) is 0 Å². The first-order valence-corrected chi connectivity index (χ1v) is 11.4. The van der Waals surface area contributed by atoms with Gasteiger partial charge in [0.05, 0.1) is 17.3 Å². The topological polar surface area (TPSA) is 72.5 Å². The quantitative estimate of drug-likeness (QED) is 0.643. The minimum atomic E-state index is 0.288. The Labute approximate surface area is 188 Å². The fourth-order valence-electron chi connectivity index (χ4n) is 4.86. The molecule has 1 fully saturated rings. The van der Waals surface area contributed by atoms with E-state index >= 15 is 0 Å². The lowest BCUT2D eigenvalue weighted by Gasteiger charge is -2.36. The van der Waals surface area contributed by atoms with Crippen molar-refractivity contribution in [2.75, 3.05) is 47.9 Å². The Morgan fingerprint density at radius 1 is 0.875 bits per heavy atom. The van der Waals surface area contributed by atoms with Gasteiger partial charge in [-0.2, -0.15) is 9.97 Å². The average molecular weight is 429 g/mol. The van der Waals surface area contributed by atoms with Crippen LogP contribution in [0.2, 0.25) is 0 Å². The van der Waals surface area contributed by atoms with Crippen LogP contribution in [0.25, 0.3) is 0 Å². The average Bonchev–Trinajstić information content (AvgIpc) is 3.26. The van der Waals surface area contributed by atoms with Gasteiger partial charge in [0.1, 0.15) is 5.82 Å². The highest BCUT2D eigenvalue weighted by Gasteiger charge is 2.35. The van der Waals surface area contributed by atoms with E-state index in [1.165, 1.54) is 11.1 Å². The van der Waals surface area contributed by atoms with Crippen LogP contribution in [0, 0.1) is 0 Å². The van der Waals surface area contributed by atoms with E-state index in [1.54, 1.807) is 0 Å². The Morgan fingerprint density at radius 2 is 1.72 bits per heavy atom. The number of hydrogen-bond acceptors (Lipinski definition) is 8. The summed E-state index contributed by atoms with van der Waals surface area (Å²) in [5.41, 5.74) is 10.4. The Hall–Kier alpha value is -3.23. The summed E-state index contributed by atoms with van der Waals surface area (Å²) >= 11 is 0. The number of piperazine rings is 1. The monoisotopic (exact) mass is 428 g/mol. The summed E-state index contributed by atoms with van der Waals surface area (Å²) in [5, 5.41) is 0. The molecule has 8 nitrogen and oxygen atoms in total. The van der Waals surface area contributed by atoms with Crippen molar-refractivity contribution in [2.24, 2.45) is 0 Å². The zero-order valence-corrected chi connectivity index (χ0v) is 18.1. The van der Waals surface area contributed by atoms with Crippen molar-refractivity contribution >= 4 is 17.6 Å². The molecule has 0 aliphatic carbocycles. The Kier molecular flexibility index (Phi) is 5.09. The van der Waals surface area contributed by atoms with Crippen LogP contribution in [0.5, 0.6) is 0 Å². The van der Waals surface area contributed by atoms with Crippen molar-refractivity contribution in [3.8, 4) is 0 Å². The van der Waals surface area contributed by atoms with Gasteiger partial charge in [-0.05, 0) is 24.1 Å². The molecule has 1 unspecified atom stereocenters. The molecular formula is C24H28N8. The maximum Gasteiger partial charge on any atom is 0.229 e. The molecule has 3 aliphatic heterocycles. The number of hydrogen-bond donors (Lipinski definition) is 2. The predicted octanol–water partition coefficient (Wildman–Crippen LogP) is 2.58. The summed E-state index contributed by atoms with van der Waals surface area (Å²) in [5.74, 6) is 2.83. The molecule has 6 rings (SSSR count). The van der Waals surface area contributed by atoms with Gasteiger partial charge < -0.3 is 15.2 Å². The van der Waals surface area contributed by atoms with Gasteiger partial charge in [-0.25, -0.2) is 5.43 Å². The van der Waals surface area contributed by atoms with Gasteiger partial charge in [0, 0.05) is 52.0 Å². The van der Waals surface area contributed by atoms with Gasteiger partial charge in [0.2, 0.25) is 5.95 Å². The molecule has 3 aliphatic rings. The summed E-state index contributed by atoms with van der Waals surface area (Å²) in [7, 11) is 0. The number of aromatic nitrogens is 3. The van der Waals surface area contributed by atoms with Crippen molar-refractivity contribution in [1.82, 2.24) is 25.3 Å². The minimum absolute atomic E-state index is 0.288. The van der Waals surface area contributed by atoms with Gasteiger partial charge >= 0.3 is 0 Å². The van der Waals surface area contributed by atoms with Crippen LogP contribution in [0.15, 0.2) is 54.7 Å². The molecule has 1 atom stereocenters.